The molecule has 3 atom stereocenters. The maximum Gasteiger partial charge on any atom is 0.305 e. The second-order valence-electron chi connectivity index (χ2n) is 8.04. The molecule has 0 bridgehead atoms. The summed E-state index contributed by atoms with van der Waals surface area (Å²) in [5.41, 5.74) is 0. The number of epoxide rings is 2. The van der Waals surface area contributed by atoms with E-state index in [0.717, 1.165) is 25.9 Å². The molecule has 0 radical (unpaired) electrons. The first kappa shape index (κ1) is 21.7. The van der Waals surface area contributed by atoms with E-state index in [2.05, 4.69) is 6.92 Å². The zero-order valence-corrected chi connectivity index (χ0v) is 16.9. The molecule has 0 amide bonds. The first-order chi connectivity index (χ1) is 12.8. The maximum absolute atomic E-state index is 11.5. The third kappa shape index (κ3) is 11.2. The van der Waals surface area contributed by atoms with Crippen LogP contribution in [0.4, 0.5) is 0 Å². The molecule has 0 aromatic carbocycles. The predicted octanol–water partition coefficient (Wildman–Crippen LogP) is 5.57. The Morgan fingerprint density at radius 3 is 2.04 bits per heavy atom. The van der Waals surface area contributed by atoms with Crippen LogP contribution >= 0.6 is 0 Å². The molecule has 2 rings (SSSR count). The van der Waals surface area contributed by atoms with Gasteiger partial charge in [-0.1, -0.05) is 71.1 Å². The molecule has 26 heavy (non-hydrogen) atoms. The van der Waals surface area contributed by atoms with Crippen molar-refractivity contribution in [1.29, 1.82) is 0 Å². The third-order valence-corrected chi connectivity index (χ3v) is 5.50. The first-order valence-corrected chi connectivity index (χ1v) is 11.2. The Labute approximate surface area is 160 Å². The Morgan fingerprint density at radius 1 is 0.846 bits per heavy atom. The third-order valence-electron chi connectivity index (χ3n) is 5.50. The van der Waals surface area contributed by atoms with Crippen LogP contribution in [-0.4, -0.2) is 37.5 Å². The summed E-state index contributed by atoms with van der Waals surface area (Å²) in [6, 6.07) is 0. The number of unbranched alkanes of at least 4 members (excludes halogenated alkanes) is 9. The lowest BCUT2D eigenvalue weighted by Gasteiger charge is -2.03. The lowest BCUT2D eigenvalue weighted by atomic mass is 10.0. The van der Waals surface area contributed by atoms with Crippen molar-refractivity contribution in [3.8, 4) is 0 Å². The highest BCUT2D eigenvalue weighted by Gasteiger charge is 2.36. The Balaban J connectivity index is 1.27. The van der Waals surface area contributed by atoms with Gasteiger partial charge in [0.25, 0.3) is 0 Å². The Morgan fingerprint density at radius 2 is 1.42 bits per heavy atom. The van der Waals surface area contributed by atoms with Crippen LogP contribution in [0.1, 0.15) is 103 Å². The SMILES string of the molecule is CCCCCCCCC1OC1CCCCCCCC(=O)OCCC1CO1. The topological polar surface area (TPSA) is 51.4 Å². The van der Waals surface area contributed by atoms with Crippen molar-refractivity contribution in [2.45, 2.75) is 122 Å². The quantitative estimate of drug-likeness (QED) is 0.180. The average Bonchev–Trinajstić information content (AvgIpc) is 3.54. The highest BCUT2D eigenvalue weighted by Crippen LogP contribution is 2.31. The number of ether oxygens (including phenoxy) is 3. The lowest BCUT2D eigenvalue weighted by Crippen LogP contribution is -2.07. The zero-order valence-electron chi connectivity index (χ0n) is 16.9. The van der Waals surface area contributed by atoms with Crippen molar-refractivity contribution in [3.05, 3.63) is 0 Å². The normalized spacial score (nSPS) is 23.8. The van der Waals surface area contributed by atoms with Crippen LogP contribution < -0.4 is 0 Å². The van der Waals surface area contributed by atoms with Crippen molar-refractivity contribution in [2.75, 3.05) is 13.2 Å². The molecule has 0 aliphatic carbocycles. The van der Waals surface area contributed by atoms with Crippen LogP contribution in [0.15, 0.2) is 0 Å². The second kappa shape index (κ2) is 13.5. The predicted molar refractivity (Wildman–Crippen MR) is 104 cm³/mol. The minimum Gasteiger partial charge on any atom is -0.466 e. The highest BCUT2D eigenvalue weighted by atomic mass is 16.6. The number of hydrogen-bond acceptors (Lipinski definition) is 4. The molecular formula is C22H40O4. The molecule has 152 valence electrons. The van der Waals surface area contributed by atoms with Crippen molar-refractivity contribution in [3.63, 3.8) is 0 Å². The molecule has 2 aliphatic rings. The van der Waals surface area contributed by atoms with Gasteiger partial charge in [-0.25, -0.2) is 0 Å². The summed E-state index contributed by atoms with van der Waals surface area (Å²) in [4.78, 5) is 11.5. The molecule has 2 fully saturated rings. The summed E-state index contributed by atoms with van der Waals surface area (Å²) >= 11 is 0. The number of hydrogen-bond donors (Lipinski definition) is 0. The van der Waals surface area contributed by atoms with Gasteiger partial charge in [-0.15, -0.1) is 0 Å². The van der Waals surface area contributed by atoms with E-state index in [-0.39, 0.29) is 5.97 Å². The smallest absolute Gasteiger partial charge is 0.305 e. The molecule has 0 aromatic rings. The van der Waals surface area contributed by atoms with Gasteiger partial charge in [0.05, 0.1) is 31.5 Å². The molecule has 4 nitrogen and oxygen atoms in total. The van der Waals surface area contributed by atoms with E-state index in [0.29, 0.717) is 31.3 Å². The minimum atomic E-state index is -0.0467. The van der Waals surface area contributed by atoms with Crippen LogP contribution in [0.25, 0.3) is 0 Å². The van der Waals surface area contributed by atoms with E-state index >= 15 is 0 Å². The maximum atomic E-state index is 11.5. The molecule has 0 N–H and O–H groups in total. The molecule has 3 unspecified atom stereocenters. The fraction of sp³-hybridized carbons (Fsp3) is 0.955. The zero-order chi connectivity index (χ0) is 18.5. The molecule has 0 spiro atoms. The molecule has 0 aromatic heterocycles. The van der Waals surface area contributed by atoms with Crippen molar-refractivity contribution in [2.24, 2.45) is 0 Å². The van der Waals surface area contributed by atoms with E-state index < -0.39 is 0 Å². The summed E-state index contributed by atoms with van der Waals surface area (Å²) < 4.78 is 16.1. The molecule has 0 saturated carbocycles. The van der Waals surface area contributed by atoms with Gasteiger partial charge < -0.3 is 14.2 Å². The van der Waals surface area contributed by atoms with Gasteiger partial charge in [0, 0.05) is 12.8 Å². The average molecular weight is 369 g/mol. The van der Waals surface area contributed by atoms with E-state index in [4.69, 9.17) is 14.2 Å². The molecule has 2 heterocycles. The van der Waals surface area contributed by atoms with Crippen LogP contribution in [0.3, 0.4) is 0 Å². The van der Waals surface area contributed by atoms with Gasteiger partial charge in [0.15, 0.2) is 0 Å². The summed E-state index contributed by atoms with van der Waals surface area (Å²) in [5, 5.41) is 0. The lowest BCUT2D eigenvalue weighted by molar-refractivity contribution is -0.143. The molecular weight excluding hydrogens is 328 g/mol. The second-order valence-corrected chi connectivity index (χ2v) is 8.04. The van der Waals surface area contributed by atoms with Gasteiger partial charge in [-0.05, 0) is 19.3 Å². The van der Waals surface area contributed by atoms with Gasteiger partial charge in [-0.3, -0.25) is 4.79 Å². The van der Waals surface area contributed by atoms with Gasteiger partial charge in [-0.2, -0.15) is 0 Å². The number of carbonyl (C=O) groups excluding carboxylic acids is 1. The fourth-order valence-electron chi connectivity index (χ4n) is 3.57. The standard InChI is InChI=1S/C22H40O4/c1-2-3-4-5-7-10-13-20-21(26-20)14-11-8-6-9-12-15-22(23)24-17-16-19-18-25-19/h19-21H,2-18H2,1H3. The Bertz CT molecular complexity index is 367. The van der Waals surface area contributed by atoms with E-state index in [9.17, 15) is 4.79 Å². The van der Waals surface area contributed by atoms with E-state index in [1.807, 2.05) is 0 Å². The highest BCUT2D eigenvalue weighted by molar-refractivity contribution is 5.69. The molecule has 2 saturated heterocycles. The Hall–Kier alpha value is -0.610. The van der Waals surface area contributed by atoms with Gasteiger partial charge in [0.2, 0.25) is 0 Å². The Kier molecular flexibility index (Phi) is 11.3. The monoisotopic (exact) mass is 368 g/mol. The first-order valence-electron chi connectivity index (χ1n) is 11.2. The largest absolute Gasteiger partial charge is 0.466 e. The fourth-order valence-corrected chi connectivity index (χ4v) is 3.57. The van der Waals surface area contributed by atoms with Crippen LogP contribution in [0.2, 0.25) is 0 Å². The number of carbonyl (C=O) groups is 1. The summed E-state index contributed by atoms with van der Waals surface area (Å²) in [6.07, 6.45) is 19.5. The van der Waals surface area contributed by atoms with Crippen LogP contribution in [0.5, 0.6) is 0 Å². The van der Waals surface area contributed by atoms with Gasteiger partial charge >= 0.3 is 5.97 Å². The van der Waals surface area contributed by atoms with Crippen LogP contribution in [-0.2, 0) is 19.0 Å². The van der Waals surface area contributed by atoms with Crippen molar-refractivity contribution >= 4 is 5.97 Å². The molecule has 2 aliphatic heterocycles. The van der Waals surface area contributed by atoms with E-state index in [1.54, 1.807) is 0 Å². The van der Waals surface area contributed by atoms with Gasteiger partial charge in [0.1, 0.15) is 0 Å². The van der Waals surface area contributed by atoms with Crippen molar-refractivity contribution in [1.82, 2.24) is 0 Å². The van der Waals surface area contributed by atoms with Crippen LogP contribution in [0, 0.1) is 0 Å². The molecule has 4 heteroatoms. The summed E-state index contributed by atoms with van der Waals surface area (Å²) in [5.74, 6) is -0.0467. The van der Waals surface area contributed by atoms with E-state index in [1.165, 1.54) is 70.6 Å². The minimum absolute atomic E-state index is 0.0467. The number of rotatable bonds is 18. The number of esters is 1. The summed E-state index contributed by atoms with van der Waals surface area (Å²) in [7, 11) is 0. The summed E-state index contributed by atoms with van der Waals surface area (Å²) in [6.45, 7) is 3.62. The van der Waals surface area contributed by atoms with Crippen molar-refractivity contribution < 1.29 is 19.0 Å².